The van der Waals surface area contributed by atoms with E-state index in [-0.39, 0.29) is 12.8 Å². The number of nitrogens with one attached hydrogen (secondary N) is 1. The number of hydrogen-bond acceptors (Lipinski definition) is 3. The molecule has 0 heterocycles. The molecule has 0 radical (unpaired) electrons. The molecule has 1 aromatic rings. The average Bonchev–Trinajstić information content (AvgIpc) is 2.35. The van der Waals surface area contributed by atoms with Crippen molar-refractivity contribution in [2.45, 2.75) is 24.8 Å². The van der Waals surface area contributed by atoms with Crippen molar-refractivity contribution in [3.05, 3.63) is 22.2 Å². The van der Waals surface area contributed by atoms with Crippen molar-refractivity contribution in [2.24, 2.45) is 0 Å². The molecule has 0 atom stereocenters. The molecule has 1 saturated carbocycles. The van der Waals surface area contributed by atoms with Crippen LogP contribution in [0.5, 0.6) is 11.5 Å². The van der Waals surface area contributed by atoms with Crippen LogP contribution in [-0.2, 0) is 0 Å². The van der Waals surface area contributed by atoms with Gasteiger partial charge in [-0.05, 0) is 28.1 Å². The van der Waals surface area contributed by atoms with E-state index in [4.69, 9.17) is 9.47 Å². The first-order chi connectivity index (χ1) is 9.36. The first-order valence-electron chi connectivity index (χ1n) is 5.96. The Labute approximate surface area is 123 Å². The van der Waals surface area contributed by atoms with Crippen molar-refractivity contribution in [3.8, 4) is 11.5 Å². The normalized spacial score (nSPS) is 17.2. The summed E-state index contributed by atoms with van der Waals surface area (Å²) in [6.45, 7) is 0. The molecule has 0 aliphatic heterocycles. The largest absolute Gasteiger partial charge is 0.493 e. The highest BCUT2D eigenvalue weighted by Gasteiger charge is 2.46. The van der Waals surface area contributed by atoms with Gasteiger partial charge in [-0.1, -0.05) is 0 Å². The fraction of sp³-hybridized carbons (Fsp3) is 0.462. The van der Waals surface area contributed by atoms with E-state index in [1.807, 2.05) is 0 Å². The Bertz CT molecular complexity index is 529. The Hall–Kier alpha value is -1.37. The fourth-order valence-electron chi connectivity index (χ4n) is 2.05. The van der Waals surface area contributed by atoms with Crippen LogP contribution in [0.25, 0.3) is 0 Å². The summed E-state index contributed by atoms with van der Waals surface area (Å²) in [6, 6.07) is 2.62. The maximum atomic E-state index is 12.7. The van der Waals surface area contributed by atoms with Crippen molar-refractivity contribution in [1.82, 2.24) is 5.32 Å². The van der Waals surface area contributed by atoms with Gasteiger partial charge in [0.1, 0.15) is 0 Å². The van der Waals surface area contributed by atoms with Crippen molar-refractivity contribution in [3.63, 3.8) is 0 Å². The monoisotopic (exact) mass is 349 g/mol. The highest BCUT2D eigenvalue weighted by Crippen LogP contribution is 2.38. The Balaban J connectivity index is 2.14. The second-order valence-electron chi connectivity index (χ2n) is 4.62. The Morgan fingerprint density at radius 3 is 2.35 bits per heavy atom. The second-order valence-corrected chi connectivity index (χ2v) is 5.48. The van der Waals surface area contributed by atoms with Gasteiger partial charge in [0.25, 0.3) is 11.8 Å². The lowest BCUT2D eigenvalue weighted by Gasteiger charge is -2.35. The van der Waals surface area contributed by atoms with E-state index >= 15 is 0 Å². The molecule has 0 saturated heterocycles. The van der Waals surface area contributed by atoms with Crippen LogP contribution in [0.4, 0.5) is 8.78 Å². The van der Waals surface area contributed by atoms with Crippen molar-refractivity contribution >= 4 is 21.8 Å². The number of rotatable bonds is 4. The number of amides is 1. The Morgan fingerprint density at radius 2 is 1.85 bits per heavy atom. The second kappa shape index (κ2) is 5.55. The van der Waals surface area contributed by atoms with Crippen LogP contribution in [0.1, 0.15) is 23.2 Å². The molecule has 1 fully saturated rings. The zero-order valence-corrected chi connectivity index (χ0v) is 12.6. The summed E-state index contributed by atoms with van der Waals surface area (Å²) in [4.78, 5) is 12.1. The zero-order chi connectivity index (χ0) is 14.9. The lowest BCUT2D eigenvalue weighted by atomic mass is 9.88. The SMILES string of the molecule is COc1cc(Br)c(C(=O)NC2CC(F)(F)C2)cc1OC. The molecule has 110 valence electrons. The number of hydrogen-bond donors (Lipinski definition) is 1. The van der Waals surface area contributed by atoms with Gasteiger partial charge in [-0.25, -0.2) is 8.78 Å². The molecule has 0 unspecified atom stereocenters. The van der Waals surface area contributed by atoms with Crippen molar-refractivity contribution in [2.75, 3.05) is 14.2 Å². The van der Waals surface area contributed by atoms with Crippen LogP contribution in [0.15, 0.2) is 16.6 Å². The molecular formula is C13H14BrF2NO3. The maximum Gasteiger partial charge on any atom is 0.252 e. The number of benzene rings is 1. The van der Waals surface area contributed by atoms with Gasteiger partial charge in [0.15, 0.2) is 11.5 Å². The molecule has 0 aromatic heterocycles. The van der Waals surface area contributed by atoms with Gasteiger partial charge in [0.2, 0.25) is 0 Å². The summed E-state index contributed by atoms with van der Waals surface area (Å²) in [5.74, 6) is -2.20. The molecule has 1 amide bonds. The van der Waals surface area contributed by atoms with E-state index < -0.39 is 17.9 Å². The minimum atomic E-state index is -2.66. The highest BCUT2D eigenvalue weighted by atomic mass is 79.9. The third-order valence-electron chi connectivity index (χ3n) is 3.14. The number of ether oxygens (including phenoxy) is 2. The maximum absolute atomic E-state index is 12.7. The zero-order valence-electron chi connectivity index (χ0n) is 11.0. The van der Waals surface area contributed by atoms with Crippen LogP contribution in [-0.4, -0.2) is 32.1 Å². The van der Waals surface area contributed by atoms with Gasteiger partial charge in [0.05, 0.1) is 19.8 Å². The molecule has 4 nitrogen and oxygen atoms in total. The molecule has 0 bridgehead atoms. The predicted molar refractivity (Wildman–Crippen MR) is 72.7 cm³/mol. The molecule has 1 aliphatic carbocycles. The van der Waals surface area contributed by atoms with E-state index in [1.165, 1.54) is 20.3 Å². The summed E-state index contributed by atoms with van der Waals surface area (Å²) < 4.78 is 36.2. The molecule has 7 heteroatoms. The van der Waals surface area contributed by atoms with E-state index in [9.17, 15) is 13.6 Å². The number of carbonyl (C=O) groups is 1. The topological polar surface area (TPSA) is 47.6 Å². The number of alkyl halides is 2. The number of methoxy groups -OCH3 is 2. The summed E-state index contributed by atoms with van der Waals surface area (Å²) in [6.07, 6.45) is -0.632. The minimum absolute atomic E-state index is 0.316. The van der Waals surface area contributed by atoms with Crippen LogP contribution < -0.4 is 14.8 Å². The summed E-state index contributed by atoms with van der Waals surface area (Å²) in [5, 5.41) is 2.57. The smallest absolute Gasteiger partial charge is 0.252 e. The molecule has 20 heavy (non-hydrogen) atoms. The van der Waals surface area contributed by atoms with Crippen molar-refractivity contribution < 1.29 is 23.0 Å². The number of carbonyl (C=O) groups excluding carboxylic acids is 1. The van der Waals surface area contributed by atoms with Crippen molar-refractivity contribution in [1.29, 1.82) is 0 Å². The van der Waals surface area contributed by atoms with E-state index in [0.29, 0.717) is 21.5 Å². The first-order valence-corrected chi connectivity index (χ1v) is 6.76. The molecule has 0 spiro atoms. The highest BCUT2D eigenvalue weighted by molar-refractivity contribution is 9.10. The molecule has 1 aromatic carbocycles. The van der Waals surface area contributed by atoms with Gasteiger partial charge in [-0.3, -0.25) is 4.79 Å². The first kappa shape index (κ1) is 15.0. The van der Waals surface area contributed by atoms with Crippen LogP contribution in [0.3, 0.4) is 0 Å². The minimum Gasteiger partial charge on any atom is -0.493 e. The lowest BCUT2D eigenvalue weighted by molar-refractivity contribution is -0.0901. The van der Waals surface area contributed by atoms with Gasteiger partial charge in [-0.2, -0.15) is 0 Å². The summed E-state index contributed by atoms with van der Waals surface area (Å²) >= 11 is 3.26. The quantitative estimate of drug-likeness (QED) is 0.908. The van der Waals surface area contributed by atoms with Gasteiger partial charge < -0.3 is 14.8 Å². The summed E-state index contributed by atoms with van der Waals surface area (Å²) in [5.41, 5.74) is 0.317. The predicted octanol–water partition coefficient (Wildman–Crippen LogP) is 2.99. The average molecular weight is 350 g/mol. The lowest BCUT2D eigenvalue weighted by Crippen LogP contribution is -2.50. The molecular weight excluding hydrogens is 336 g/mol. The van der Waals surface area contributed by atoms with Gasteiger partial charge in [0, 0.05) is 23.4 Å². The molecule has 2 rings (SSSR count). The van der Waals surface area contributed by atoms with Gasteiger partial charge >= 0.3 is 0 Å². The van der Waals surface area contributed by atoms with Crippen LogP contribution >= 0.6 is 15.9 Å². The van der Waals surface area contributed by atoms with Crippen LogP contribution in [0.2, 0.25) is 0 Å². The standard InChI is InChI=1S/C13H14BrF2NO3/c1-19-10-3-8(9(14)4-11(10)20-2)12(18)17-7-5-13(15,16)6-7/h3-4,7H,5-6H2,1-2H3,(H,17,18). The molecule has 1 aliphatic rings. The fourth-order valence-corrected chi connectivity index (χ4v) is 2.56. The summed E-state index contributed by atoms with van der Waals surface area (Å²) in [7, 11) is 2.94. The molecule has 1 N–H and O–H groups in total. The third kappa shape index (κ3) is 3.03. The third-order valence-corrected chi connectivity index (χ3v) is 3.80. The van der Waals surface area contributed by atoms with Crippen LogP contribution in [0, 0.1) is 0 Å². The van der Waals surface area contributed by atoms with E-state index in [2.05, 4.69) is 21.2 Å². The van der Waals surface area contributed by atoms with E-state index in [0.717, 1.165) is 0 Å². The van der Waals surface area contributed by atoms with E-state index in [1.54, 1.807) is 6.07 Å². The Morgan fingerprint density at radius 1 is 1.30 bits per heavy atom. The van der Waals surface area contributed by atoms with Gasteiger partial charge in [-0.15, -0.1) is 0 Å². The Kier molecular flexibility index (Phi) is 4.17. The number of halogens is 3.